The molecule has 1 heterocycles. The number of ether oxygens (including phenoxy) is 2. The van der Waals surface area contributed by atoms with E-state index in [0.29, 0.717) is 11.7 Å². The summed E-state index contributed by atoms with van der Waals surface area (Å²) in [6.45, 7) is 8.92. The van der Waals surface area contributed by atoms with Gasteiger partial charge in [-0.3, -0.25) is 4.79 Å². The van der Waals surface area contributed by atoms with Crippen molar-refractivity contribution in [3.05, 3.63) is 29.8 Å². The van der Waals surface area contributed by atoms with E-state index in [1.54, 1.807) is 12.1 Å². The van der Waals surface area contributed by atoms with Crippen molar-refractivity contribution in [3.63, 3.8) is 0 Å². The highest BCUT2D eigenvalue weighted by atomic mass is 16.7. The largest absolute Gasteiger partial charge is 0.508 e. The molecule has 1 saturated heterocycles. The van der Waals surface area contributed by atoms with E-state index < -0.39 is 0 Å². The van der Waals surface area contributed by atoms with E-state index in [4.69, 9.17) is 14.6 Å². The van der Waals surface area contributed by atoms with Crippen molar-refractivity contribution in [2.45, 2.75) is 95.3 Å². The first-order valence-corrected chi connectivity index (χ1v) is 8.58. The minimum atomic E-state index is -0.272. The molecule has 162 valence electrons. The lowest BCUT2D eigenvalue weighted by atomic mass is 9.99. The second-order valence-electron chi connectivity index (χ2n) is 6.09. The van der Waals surface area contributed by atoms with Gasteiger partial charge in [0.2, 0.25) is 6.29 Å². The molecule has 27 heavy (non-hydrogen) atoms. The fourth-order valence-electron chi connectivity index (χ4n) is 2.09. The number of hydrogen-bond donors (Lipinski definition) is 1. The Hall–Kier alpha value is -1.55. The van der Waals surface area contributed by atoms with E-state index in [2.05, 4.69) is 13.8 Å². The van der Waals surface area contributed by atoms with Gasteiger partial charge in [0.15, 0.2) is 0 Å². The first-order valence-electron chi connectivity index (χ1n) is 8.58. The highest BCUT2D eigenvalue weighted by molar-refractivity contribution is 5.71. The second-order valence-corrected chi connectivity index (χ2v) is 6.09. The van der Waals surface area contributed by atoms with Crippen molar-refractivity contribution < 1.29 is 19.4 Å². The maximum Gasteiger partial charge on any atom is 0.310 e. The maximum atomic E-state index is 11.2. The zero-order valence-electron chi connectivity index (χ0n) is 14.7. The summed E-state index contributed by atoms with van der Waals surface area (Å²) >= 11 is 0. The van der Waals surface area contributed by atoms with Crippen LogP contribution in [-0.4, -0.2) is 24.0 Å². The van der Waals surface area contributed by atoms with E-state index >= 15 is 0 Å². The molecule has 0 bridgehead atoms. The molecule has 1 aromatic rings. The third kappa shape index (κ3) is 12.5. The monoisotopic (exact) mass is 386 g/mol. The van der Waals surface area contributed by atoms with Gasteiger partial charge >= 0.3 is 5.97 Å². The van der Waals surface area contributed by atoms with Gasteiger partial charge in [-0.2, -0.15) is 0 Å². The number of esters is 1. The van der Waals surface area contributed by atoms with Crippen LogP contribution < -0.4 is 0 Å². The molecule has 1 fully saturated rings. The Kier molecular flexibility index (Phi) is 21.9. The third-order valence-electron chi connectivity index (χ3n) is 4.22. The first kappa shape index (κ1) is 33.1. The van der Waals surface area contributed by atoms with Crippen LogP contribution >= 0.6 is 0 Å². The van der Waals surface area contributed by atoms with Gasteiger partial charge in [-0.15, -0.1) is 0 Å². The van der Waals surface area contributed by atoms with Gasteiger partial charge in [0, 0.05) is 6.42 Å². The molecule has 1 aliphatic heterocycles. The van der Waals surface area contributed by atoms with E-state index in [9.17, 15) is 4.79 Å². The molecule has 0 aromatic heterocycles. The van der Waals surface area contributed by atoms with Gasteiger partial charge in [-0.05, 0) is 42.9 Å². The lowest BCUT2D eigenvalue weighted by Crippen LogP contribution is -2.21. The summed E-state index contributed by atoms with van der Waals surface area (Å²) in [5.74, 6) is 0.797. The van der Waals surface area contributed by atoms with Crippen molar-refractivity contribution in [2.24, 2.45) is 5.92 Å². The molecule has 1 N–H and O–H groups in total. The number of carbonyl (C=O) groups excluding carboxylic acids is 1. The first-order chi connectivity index (χ1) is 11.0. The number of benzene rings is 1. The quantitative estimate of drug-likeness (QED) is 0.545. The van der Waals surface area contributed by atoms with Crippen LogP contribution in [0.25, 0.3) is 0 Å². The van der Waals surface area contributed by atoms with Crippen LogP contribution in [0.5, 0.6) is 5.75 Å². The molecule has 0 radical (unpaired) electrons. The Morgan fingerprint density at radius 2 is 1.67 bits per heavy atom. The third-order valence-corrected chi connectivity index (χ3v) is 4.22. The average molecular weight is 387 g/mol. The molecular formula is C23H46O4. The molecule has 2 rings (SSSR count). The zero-order chi connectivity index (χ0) is 17.2. The molecule has 4 heteroatoms. The van der Waals surface area contributed by atoms with Crippen LogP contribution in [0.15, 0.2) is 24.3 Å². The maximum absolute atomic E-state index is 11.2. The molecule has 3 atom stereocenters. The number of hydrogen-bond acceptors (Lipinski definition) is 4. The summed E-state index contributed by atoms with van der Waals surface area (Å²) in [6.07, 6.45) is 3.54. The van der Waals surface area contributed by atoms with Crippen LogP contribution in [0.1, 0.15) is 94.6 Å². The zero-order valence-corrected chi connectivity index (χ0v) is 14.7. The van der Waals surface area contributed by atoms with Crippen LogP contribution in [-0.2, 0) is 14.3 Å². The Balaban J connectivity index is -0.000000171. The van der Waals surface area contributed by atoms with Crippen LogP contribution in [0.2, 0.25) is 0 Å². The number of aromatic hydroxyl groups is 1. The lowest BCUT2D eigenvalue weighted by molar-refractivity contribution is -0.174. The van der Waals surface area contributed by atoms with Gasteiger partial charge in [0.05, 0.1) is 12.5 Å². The number of phenolic OH excluding ortho intramolecular Hbond substituents is 1. The summed E-state index contributed by atoms with van der Waals surface area (Å²) in [7, 11) is 0. The molecule has 1 aliphatic rings. The number of phenols is 1. The minimum absolute atomic E-state index is 0. The molecule has 0 saturated carbocycles. The van der Waals surface area contributed by atoms with E-state index in [0.717, 1.165) is 32.3 Å². The summed E-state index contributed by atoms with van der Waals surface area (Å²) in [6, 6.07) is 7.43. The van der Waals surface area contributed by atoms with Crippen LogP contribution in [0.3, 0.4) is 0 Å². The smallest absolute Gasteiger partial charge is 0.310 e. The Morgan fingerprint density at radius 1 is 1.11 bits per heavy atom. The fraction of sp³-hybridized carbons (Fsp3) is 0.696. The lowest BCUT2D eigenvalue weighted by Gasteiger charge is -2.13. The molecule has 4 nitrogen and oxygen atoms in total. The van der Waals surface area contributed by atoms with Crippen molar-refractivity contribution >= 4 is 5.97 Å². The molecule has 0 amide bonds. The highest BCUT2D eigenvalue weighted by Crippen LogP contribution is 2.20. The van der Waals surface area contributed by atoms with Gasteiger partial charge in [-0.1, -0.05) is 69.5 Å². The summed E-state index contributed by atoms with van der Waals surface area (Å²) in [5.41, 5.74) is 1.30. The van der Waals surface area contributed by atoms with E-state index in [-0.39, 0.29) is 47.9 Å². The molecule has 0 spiro atoms. The van der Waals surface area contributed by atoms with Crippen molar-refractivity contribution in [2.75, 3.05) is 6.61 Å². The normalized spacial score (nSPS) is 16.5. The minimum Gasteiger partial charge on any atom is -0.508 e. The predicted octanol–water partition coefficient (Wildman–Crippen LogP) is 7.16. The summed E-state index contributed by atoms with van der Waals surface area (Å²) in [5, 5.41) is 9.01. The molecule has 0 aliphatic carbocycles. The second kappa shape index (κ2) is 17.8. The van der Waals surface area contributed by atoms with Crippen LogP contribution in [0.4, 0.5) is 0 Å². The van der Waals surface area contributed by atoms with Gasteiger partial charge in [0.1, 0.15) is 5.75 Å². The summed E-state index contributed by atoms with van der Waals surface area (Å²) < 4.78 is 10.3. The van der Waals surface area contributed by atoms with Crippen molar-refractivity contribution in [1.82, 2.24) is 0 Å². The SMILES string of the molecule is C.C.C.C.CCC(C)C(=O)OC1CCCO1.CCC(C)c1ccc(O)cc1. The molecular weight excluding hydrogens is 340 g/mol. The van der Waals surface area contributed by atoms with E-state index in [1.807, 2.05) is 26.0 Å². The van der Waals surface area contributed by atoms with Gasteiger partial charge < -0.3 is 14.6 Å². The number of carbonyl (C=O) groups is 1. The number of rotatable bonds is 5. The summed E-state index contributed by atoms with van der Waals surface area (Å²) in [4.78, 5) is 11.2. The fourth-order valence-corrected chi connectivity index (χ4v) is 2.09. The predicted molar refractivity (Wildman–Crippen MR) is 118 cm³/mol. The van der Waals surface area contributed by atoms with Gasteiger partial charge in [-0.25, -0.2) is 0 Å². The molecule has 1 aromatic carbocycles. The van der Waals surface area contributed by atoms with E-state index in [1.165, 1.54) is 5.56 Å². The Morgan fingerprint density at radius 3 is 2.07 bits per heavy atom. The van der Waals surface area contributed by atoms with Crippen molar-refractivity contribution in [1.29, 1.82) is 0 Å². The van der Waals surface area contributed by atoms with Crippen LogP contribution in [0, 0.1) is 5.92 Å². The standard InChI is InChI=1S/C10H14O.C9H16O3.4CH4/c1-3-8(2)9-4-6-10(11)7-5-9;1-3-7(2)9(10)12-8-5-4-6-11-8;;;;/h4-8,11H,3H2,1-2H3;7-8H,3-6H2,1-2H3;4*1H4. The Labute approximate surface area is 169 Å². The topological polar surface area (TPSA) is 55.8 Å². The average Bonchev–Trinajstić information content (AvgIpc) is 3.07. The van der Waals surface area contributed by atoms with Gasteiger partial charge in [0.25, 0.3) is 0 Å². The molecule has 3 unspecified atom stereocenters. The van der Waals surface area contributed by atoms with Crippen molar-refractivity contribution in [3.8, 4) is 5.75 Å². The highest BCUT2D eigenvalue weighted by Gasteiger charge is 2.22. The Bertz CT molecular complexity index is 450.